The molecule has 1 heterocycles. The second-order valence-corrected chi connectivity index (χ2v) is 4.58. The summed E-state index contributed by atoms with van der Waals surface area (Å²) in [6.07, 6.45) is 6.37. The first kappa shape index (κ1) is 13.2. The van der Waals surface area contributed by atoms with E-state index >= 15 is 0 Å². The number of methoxy groups -OCH3 is 1. The predicted molar refractivity (Wildman–Crippen MR) is 71.7 cm³/mol. The molecular weight excluding hydrogens is 228 g/mol. The van der Waals surface area contributed by atoms with Gasteiger partial charge in [-0.25, -0.2) is 9.97 Å². The topological polar surface area (TPSA) is 50.3 Å². The number of hydrogen-bond donors (Lipinski definition) is 1. The third-order valence-corrected chi connectivity index (χ3v) is 3.09. The molecule has 0 unspecified atom stereocenters. The second kappa shape index (κ2) is 6.66. The van der Waals surface area contributed by atoms with Crippen molar-refractivity contribution in [2.45, 2.75) is 32.4 Å². The van der Waals surface area contributed by atoms with Crippen LogP contribution in [-0.4, -0.2) is 42.8 Å². The van der Waals surface area contributed by atoms with Gasteiger partial charge in [0.25, 0.3) is 0 Å². The van der Waals surface area contributed by atoms with Gasteiger partial charge in [-0.15, -0.1) is 0 Å². The summed E-state index contributed by atoms with van der Waals surface area (Å²) in [5, 5.41) is 3.28. The molecule has 0 bridgehead atoms. The second-order valence-electron chi connectivity index (χ2n) is 4.58. The van der Waals surface area contributed by atoms with Gasteiger partial charge in [-0.1, -0.05) is 0 Å². The van der Waals surface area contributed by atoms with Crippen molar-refractivity contribution >= 4 is 5.95 Å². The van der Waals surface area contributed by atoms with Crippen molar-refractivity contribution < 1.29 is 4.74 Å². The van der Waals surface area contributed by atoms with Crippen LogP contribution in [0.3, 0.4) is 0 Å². The molecule has 0 spiro atoms. The zero-order valence-electron chi connectivity index (χ0n) is 11.2. The molecule has 0 atom stereocenters. The SMILES string of the molecule is CCN(c1ncc(CNCCOC)cn1)C1CC1. The van der Waals surface area contributed by atoms with Gasteiger partial charge in [0.05, 0.1) is 6.61 Å². The van der Waals surface area contributed by atoms with E-state index in [1.807, 2.05) is 12.4 Å². The van der Waals surface area contributed by atoms with Crippen LogP contribution in [0.15, 0.2) is 12.4 Å². The molecule has 5 nitrogen and oxygen atoms in total. The summed E-state index contributed by atoms with van der Waals surface area (Å²) >= 11 is 0. The number of hydrogen-bond acceptors (Lipinski definition) is 5. The molecule has 1 fully saturated rings. The fourth-order valence-corrected chi connectivity index (χ4v) is 1.94. The minimum Gasteiger partial charge on any atom is -0.383 e. The van der Waals surface area contributed by atoms with Crippen LogP contribution in [-0.2, 0) is 11.3 Å². The molecule has 5 heteroatoms. The summed E-state index contributed by atoms with van der Waals surface area (Å²) in [6.45, 7) is 5.50. The van der Waals surface area contributed by atoms with E-state index in [9.17, 15) is 0 Å². The van der Waals surface area contributed by atoms with E-state index in [1.165, 1.54) is 12.8 Å². The van der Waals surface area contributed by atoms with Crippen LogP contribution in [0.4, 0.5) is 5.95 Å². The van der Waals surface area contributed by atoms with Crippen LogP contribution < -0.4 is 10.2 Å². The van der Waals surface area contributed by atoms with Crippen LogP contribution in [0.25, 0.3) is 0 Å². The lowest BCUT2D eigenvalue weighted by atomic mass is 10.3. The highest BCUT2D eigenvalue weighted by atomic mass is 16.5. The van der Waals surface area contributed by atoms with Gasteiger partial charge in [0.1, 0.15) is 0 Å². The maximum atomic E-state index is 4.98. The Labute approximate surface area is 109 Å². The van der Waals surface area contributed by atoms with Crippen LogP contribution in [0.1, 0.15) is 25.3 Å². The highest BCUT2D eigenvalue weighted by Gasteiger charge is 2.29. The molecular formula is C13H22N4O. The van der Waals surface area contributed by atoms with Crippen molar-refractivity contribution in [2.75, 3.05) is 31.7 Å². The first-order valence-corrected chi connectivity index (χ1v) is 6.62. The average Bonchev–Trinajstić information content (AvgIpc) is 3.22. The van der Waals surface area contributed by atoms with Crippen molar-refractivity contribution in [1.29, 1.82) is 0 Å². The van der Waals surface area contributed by atoms with Crippen molar-refractivity contribution in [1.82, 2.24) is 15.3 Å². The van der Waals surface area contributed by atoms with E-state index in [1.54, 1.807) is 7.11 Å². The Morgan fingerprint density at radius 2 is 2.11 bits per heavy atom. The zero-order valence-corrected chi connectivity index (χ0v) is 11.2. The predicted octanol–water partition coefficient (Wildman–Crippen LogP) is 1.20. The Morgan fingerprint density at radius 1 is 1.39 bits per heavy atom. The van der Waals surface area contributed by atoms with Crippen molar-refractivity contribution in [3.05, 3.63) is 18.0 Å². The molecule has 0 radical (unpaired) electrons. The van der Waals surface area contributed by atoms with Gasteiger partial charge in [-0.2, -0.15) is 0 Å². The Kier molecular flexibility index (Phi) is 4.90. The maximum Gasteiger partial charge on any atom is 0.225 e. The van der Waals surface area contributed by atoms with E-state index in [0.29, 0.717) is 6.04 Å². The number of nitrogens with one attached hydrogen (secondary N) is 1. The van der Waals surface area contributed by atoms with Crippen LogP contribution in [0.2, 0.25) is 0 Å². The molecule has 1 aliphatic rings. The number of ether oxygens (including phenoxy) is 1. The molecule has 1 saturated carbocycles. The van der Waals surface area contributed by atoms with Crippen LogP contribution in [0, 0.1) is 0 Å². The number of nitrogens with zero attached hydrogens (tertiary/aromatic N) is 3. The highest BCUT2D eigenvalue weighted by molar-refractivity contribution is 5.33. The van der Waals surface area contributed by atoms with Gasteiger partial charge in [0, 0.05) is 50.7 Å². The molecule has 1 aromatic rings. The Hall–Kier alpha value is -1.20. The van der Waals surface area contributed by atoms with E-state index in [4.69, 9.17) is 4.74 Å². The number of aromatic nitrogens is 2. The first-order chi connectivity index (χ1) is 8.85. The Bertz CT molecular complexity index is 351. The third kappa shape index (κ3) is 3.65. The smallest absolute Gasteiger partial charge is 0.225 e. The summed E-state index contributed by atoms with van der Waals surface area (Å²) < 4.78 is 4.98. The van der Waals surface area contributed by atoms with Gasteiger partial charge >= 0.3 is 0 Å². The normalized spacial score (nSPS) is 14.8. The molecule has 0 aromatic carbocycles. The molecule has 1 aliphatic carbocycles. The average molecular weight is 250 g/mol. The molecule has 0 aliphatic heterocycles. The minimum atomic E-state index is 0.667. The van der Waals surface area contributed by atoms with E-state index in [0.717, 1.165) is 37.8 Å². The summed E-state index contributed by atoms with van der Waals surface area (Å²) in [7, 11) is 1.71. The maximum absolute atomic E-state index is 4.98. The van der Waals surface area contributed by atoms with Crippen LogP contribution >= 0.6 is 0 Å². The molecule has 18 heavy (non-hydrogen) atoms. The van der Waals surface area contributed by atoms with E-state index in [2.05, 4.69) is 27.1 Å². The van der Waals surface area contributed by atoms with E-state index < -0.39 is 0 Å². The van der Waals surface area contributed by atoms with Gasteiger partial charge < -0.3 is 15.0 Å². The standard InChI is InChI=1S/C13H22N4O/c1-3-17(12-4-5-12)13-15-9-11(10-16-13)8-14-6-7-18-2/h9-10,12,14H,3-8H2,1-2H3. The zero-order chi connectivity index (χ0) is 12.8. The number of anilines is 1. The van der Waals surface area contributed by atoms with Gasteiger partial charge in [0.15, 0.2) is 0 Å². The molecule has 2 rings (SSSR count). The summed E-state index contributed by atoms with van der Waals surface area (Å²) in [6, 6.07) is 0.667. The van der Waals surface area contributed by atoms with E-state index in [-0.39, 0.29) is 0 Å². The highest BCUT2D eigenvalue weighted by Crippen LogP contribution is 2.29. The minimum absolute atomic E-state index is 0.667. The first-order valence-electron chi connectivity index (χ1n) is 6.62. The quantitative estimate of drug-likeness (QED) is 0.703. The summed E-state index contributed by atoms with van der Waals surface area (Å²) in [4.78, 5) is 11.2. The number of rotatable bonds is 8. The Balaban J connectivity index is 1.84. The molecule has 0 saturated heterocycles. The third-order valence-electron chi connectivity index (χ3n) is 3.09. The molecule has 1 aromatic heterocycles. The fraction of sp³-hybridized carbons (Fsp3) is 0.692. The van der Waals surface area contributed by atoms with Crippen molar-refractivity contribution in [3.63, 3.8) is 0 Å². The van der Waals surface area contributed by atoms with Gasteiger partial charge in [-0.3, -0.25) is 0 Å². The fourth-order valence-electron chi connectivity index (χ4n) is 1.94. The van der Waals surface area contributed by atoms with Gasteiger partial charge in [0.2, 0.25) is 5.95 Å². The Morgan fingerprint density at radius 3 is 2.67 bits per heavy atom. The van der Waals surface area contributed by atoms with Crippen molar-refractivity contribution in [3.8, 4) is 0 Å². The lowest BCUT2D eigenvalue weighted by molar-refractivity contribution is 0.199. The molecule has 1 N–H and O–H groups in total. The van der Waals surface area contributed by atoms with Crippen molar-refractivity contribution in [2.24, 2.45) is 0 Å². The molecule has 100 valence electrons. The lowest BCUT2D eigenvalue weighted by Gasteiger charge is -2.19. The molecule has 0 amide bonds. The monoisotopic (exact) mass is 250 g/mol. The summed E-state index contributed by atoms with van der Waals surface area (Å²) in [5.41, 5.74) is 1.11. The van der Waals surface area contributed by atoms with Gasteiger partial charge in [-0.05, 0) is 19.8 Å². The largest absolute Gasteiger partial charge is 0.383 e. The summed E-state index contributed by atoms with van der Waals surface area (Å²) in [5.74, 6) is 0.862. The van der Waals surface area contributed by atoms with Crippen LogP contribution in [0.5, 0.6) is 0 Å². The lowest BCUT2D eigenvalue weighted by Crippen LogP contribution is -2.27.